The van der Waals surface area contributed by atoms with Crippen molar-refractivity contribution in [3.8, 4) is 0 Å². The number of hydrogen-bond acceptors (Lipinski definition) is 3. The third-order valence-electron chi connectivity index (χ3n) is 3.91. The average Bonchev–Trinajstić information content (AvgIpc) is 2.80. The number of nitrogens with zero attached hydrogens (tertiary/aromatic N) is 3. The van der Waals surface area contributed by atoms with E-state index in [-0.39, 0.29) is 12.0 Å². The fourth-order valence-electron chi connectivity index (χ4n) is 2.88. The number of rotatable bonds is 3. The molecule has 0 radical (unpaired) electrons. The molecule has 0 aliphatic carbocycles. The summed E-state index contributed by atoms with van der Waals surface area (Å²) < 4.78 is 4.49. The Morgan fingerprint density at radius 1 is 1.38 bits per heavy atom. The van der Waals surface area contributed by atoms with E-state index in [2.05, 4.69) is 9.53 Å². The van der Waals surface area contributed by atoms with Gasteiger partial charge in [-0.05, 0) is 18.1 Å². The molecule has 6 heteroatoms. The third kappa shape index (κ3) is 2.34. The molecule has 0 fully saturated rings. The Bertz CT molecular complexity index is 635. The minimum Gasteiger partial charge on any atom is -0.460 e. The molecule has 1 aliphatic heterocycles. The minimum atomic E-state index is -0.950. The van der Waals surface area contributed by atoms with Crippen molar-refractivity contribution in [3.63, 3.8) is 0 Å². The van der Waals surface area contributed by atoms with Crippen LogP contribution in [0.15, 0.2) is 24.3 Å². The second kappa shape index (κ2) is 5.89. The smallest absolute Gasteiger partial charge is 0.460 e. The van der Waals surface area contributed by atoms with Crippen LogP contribution in [0, 0.1) is 0 Å². The molecule has 0 saturated heterocycles. The highest BCUT2D eigenvalue weighted by Crippen LogP contribution is 2.41. The number of para-hydroxylation sites is 1. The van der Waals surface area contributed by atoms with E-state index in [1.165, 1.54) is 4.90 Å². The fourth-order valence-corrected chi connectivity index (χ4v) is 2.88. The van der Waals surface area contributed by atoms with Crippen molar-refractivity contribution in [1.29, 1.82) is 0 Å². The Morgan fingerprint density at radius 3 is 2.62 bits per heavy atom. The van der Waals surface area contributed by atoms with Crippen LogP contribution in [0.1, 0.15) is 31.7 Å². The van der Waals surface area contributed by atoms with Crippen LogP contribution in [0.2, 0.25) is 0 Å². The maximum atomic E-state index is 12.6. The van der Waals surface area contributed by atoms with E-state index in [4.69, 9.17) is 5.53 Å². The molecule has 1 aliphatic rings. The molecule has 0 unspecified atom stereocenters. The van der Waals surface area contributed by atoms with Crippen LogP contribution in [0.4, 0.5) is 5.69 Å². The van der Waals surface area contributed by atoms with Crippen molar-refractivity contribution in [1.82, 2.24) is 0 Å². The number of carbonyl (C=O) groups is 2. The predicted molar refractivity (Wildman–Crippen MR) is 77.1 cm³/mol. The zero-order valence-corrected chi connectivity index (χ0v) is 12.2. The highest BCUT2D eigenvalue weighted by atomic mass is 16.5. The zero-order chi connectivity index (χ0) is 15.6. The van der Waals surface area contributed by atoms with E-state index in [9.17, 15) is 9.59 Å². The van der Waals surface area contributed by atoms with Gasteiger partial charge in [0.15, 0.2) is 0 Å². The molecule has 1 aromatic carbocycles. The van der Waals surface area contributed by atoms with E-state index < -0.39 is 17.6 Å². The third-order valence-corrected chi connectivity index (χ3v) is 3.91. The van der Waals surface area contributed by atoms with Gasteiger partial charge < -0.3 is 10.3 Å². The summed E-state index contributed by atoms with van der Waals surface area (Å²) in [7, 11) is 1.14. The molecular formula is C15H17N3O3. The highest BCUT2D eigenvalue weighted by Gasteiger charge is 2.44. The summed E-state index contributed by atoms with van der Waals surface area (Å²) in [5, 5.41) is 0. The fraction of sp³-hybridized carbons (Fsp3) is 0.400. The number of carbonyl (C=O) groups excluding carboxylic acids is 2. The van der Waals surface area contributed by atoms with Gasteiger partial charge in [0.1, 0.15) is 0 Å². The topological polar surface area (TPSA) is 83.0 Å². The molecule has 2 atom stereocenters. The van der Waals surface area contributed by atoms with Crippen LogP contribution in [0.3, 0.4) is 0 Å². The summed E-state index contributed by atoms with van der Waals surface area (Å²) in [6.45, 7) is 4.01. The van der Waals surface area contributed by atoms with E-state index >= 15 is 0 Å². The van der Waals surface area contributed by atoms with Gasteiger partial charge in [0.2, 0.25) is 0 Å². The first-order valence-corrected chi connectivity index (χ1v) is 6.79. The van der Waals surface area contributed by atoms with Gasteiger partial charge >= 0.3 is 17.6 Å². The molecule has 110 valence electrons. The van der Waals surface area contributed by atoms with Crippen LogP contribution in [0.5, 0.6) is 0 Å². The van der Waals surface area contributed by atoms with Gasteiger partial charge in [-0.1, -0.05) is 32.0 Å². The summed E-state index contributed by atoms with van der Waals surface area (Å²) in [6.07, 6.45) is 0.724. The monoisotopic (exact) mass is 287 g/mol. The molecule has 0 spiro atoms. The molecule has 1 amide bonds. The van der Waals surface area contributed by atoms with Gasteiger partial charge in [0.25, 0.3) is 0 Å². The van der Waals surface area contributed by atoms with Crippen molar-refractivity contribution in [3.05, 3.63) is 35.4 Å². The van der Waals surface area contributed by atoms with Crippen LogP contribution < -0.4 is 4.90 Å². The number of ether oxygens (including phenoxy) is 1. The number of amides is 1. The normalized spacial score (nSPS) is 19.7. The molecule has 6 nitrogen and oxygen atoms in total. The van der Waals surface area contributed by atoms with Crippen molar-refractivity contribution in [2.45, 2.75) is 32.2 Å². The van der Waals surface area contributed by atoms with Crippen molar-refractivity contribution < 1.29 is 19.1 Å². The summed E-state index contributed by atoms with van der Waals surface area (Å²) in [6, 6.07) is 7.45. The van der Waals surface area contributed by atoms with Crippen LogP contribution in [-0.4, -0.2) is 35.5 Å². The molecule has 0 bridgehead atoms. The summed E-state index contributed by atoms with van der Waals surface area (Å²) >= 11 is 0. The van der Waals surface area contributed by atoms with Gasteiger partial charge in [0.05, 0.1) is 7.11 Å². The van der Waals surface area contributed by atoms with Crippen LogP contribution in [0.25, 0.3) is 5.53 Å². The number of methoxy groups -OCH3 is 1. The molecule has 2 rings (SSSR count). The predicted octanol–water partition coefficient (Wildman–Crippen LogP) is 1.76. The Balaban J connectivity index is 2.49. The highest BCUT2D eigenvalue weighted by molar-refractivity contribution is 6.64. The van der Waals surface area contributed by atoms with Crippen LogP contribution in [-0.2, 0) is 14.3 Å². The van der Waals surface area contributed by atoms with Crippen molar-refractivity contribution >= 4 is 23.3 Å². The van der Waals surface area contributed by atoms with E-state index in [1.54, 1.807) is 0 Å². The standard InChI is InChI=1S/C15H17N3O3/c1-4-11-9(2)10-7-5-6-8-12(10)18(11)14(19)13(17-16)15(20)21-3/h5-9,11H,4H2,1-3H3/t9-,11-/m0/s1. The second-order valence-corrected chi connectivity index (χ2v) is 4.94. The first-order valence-electron chi connectivity index (χ1n) is 6.79. The Morgan fingerprint density at radius 2 is 2.05 bits per heavy atom. The molecule has 21 heavy (non-hydrogen) atoms. The Labute approximate surface area is 122 Å². The molecule has 1 heterocycles. The van der Waals surface area contributed by atoms with E-state index in [1.807, 2.05) is 38.1 Å². The second-order valence-electron chi connectivity index (χ2n) is 4.94. The minimum absolute atomic E-state index is 0.0868. The molecule has 1 aromatic rings. The number of fused-ring (bicyclic) bond motifs is 1. The SMILES string of the molecule is CC[C@H]1[C@@H](C)c2ccccc2N1C(=O)C(=[N+]=[N-])C(=O)OC. The lowest BCUT2D eigenvalue weighted by Crippen LogP contribution is -2.45. The number of benzene rings is 1. The molecule has 0 N–H and O–H groups in total. The summed E-state index contributed by atoms with van der Waals surface area (Å²) in [5.41, 5.74) is 10.1. The Hall–Kier alpha value is -2.46. The number of hydrogen-bond donors (Lipinski definition) is 0. The first kappa shape index (κ1) is 14.9. The van der Waals surface area contributed by atoms with Gasteiger partial charge in [-0.15, -0.1) is 0 Å². The Kier molecular flexibility index (Phi) is 4.19. The quantitative estimate of drug-likeness (QED) is 0.279. The lowest BCUT2D eigenvalue weighted by atomic mass is 9.95. The lowest BCUT2D eigenvalue weighted by Gasteiger charge is -2.24. The molecule has 0 saturated carbocycles. The number of anilines is 1. The van der Waals surface area contributed by atoms with E-state index in [0.717, 1.165) is 24.8 Å². The zero-order valence-electron chi connectivity index (χ0n) is 12.2. The molecule has 0 aromatic heterocycles. The maximum Gasteiger partial charge on any atom is 0.463 e. The van der Waals surface area contributed by atoms with Crippen LogP contribution >= 0.6 is 0 Å². The van der Waals surface area contributed by atoms with Gasteiger partial charge in [-0.25, -0.2) is 4.79 Å². The number of esters is 1. The van der Waals surface area contributed by atoms with Gasteiger partial charge in [0, 0.05) is 17.6 Å². The lowest BCUT2D eigenvalue weighted by molar-refractivity contribution is -0.139. The first-order chi connectivity index (χ1) is 10.1. The van der Waals surface area contributed by atoms with Gasteiger partial charge in [-0.3, -0.25) is 9.69 Å². The van der Waals surface area contributed by atoms with Crippen molar-refractivity contribution in [2.75, 3.05) is 12.0 Å². The largest absolute Gasteiger partial charge is 0.463 e. The van der Waals surface area contributed by atoms with E-state index in [0.29, 0.717) is 0 Å². The summed E-state index contributed by atoms with van der Waals surface area (Å²) in [5.74, 6) is -1.45. The maximum absolute atomic E-state index is 12.6. The molecular weight excluding hydrogens is 270 g/mol. The van der Waals surface area contributed by atoms with Crippen molar-refractivity contribution in [2.24, 2.45) is 0 Å². The van der Waals surface area contributed by atoms with Gasteiger partial charge in [-0.2, -0.15) is 4.79 Å². The summed E-state index contributed by atoms with van der Waals surface area (Å²) in [4.78, 5) is 28.5. The average molecular weight is 287 g/mol.